The van der Waals surface area contributed by atoms with Crippen molar-refractivity contribution in [1.82, 2.24) is 24.4 Å². The van der Waals surface area contributed by atoms with Gasteiger partial charge in [0.2, 0.25) is 5.91 Å². The highest BCUT2D eigenvalue weighted by molar-refractivity contribution is 7.99. The summed E-state index contributed by atoms with van der Waals surface area (Å²) >= 11 is 1.50. The Morgan fingerprint density at radius 3 is 2.82 bits per heavy atom. The quantitative estimate of drug-likeness (QED) is 0.751. The van der Waals surface area contributed by atoms with Gasteiger partial charge >= 0.3 is 0 Å². The SMILES string of the molecule is Cc1cnc2n(c1=O)C(CC(=O)Nc1cc(N3CCN(C)CC3)ncn1)CS2. The molecule has 28 heavy (non-hydrogen) atoms. The lowest BCUT2D eigenvalue weighted by molar-refractivity contribution is -0.116. The molecule has 4 rings (SSSR count). The van der Waals surface area contributed by atoms with E-state index >= 15 is 0 Å². The van der Waals surface area contributed by atoms with Crippen molar-refractivity contribution >= 4 is 29.3 Å². The zero-order valence-corrected chi connectivity index (χ0v) is 16.8. The zero-order chi connectivity index (χ0) is 19.7. The third-order valence-electron chi connectivity index (χ3n) is 5.07. The van der Waals surface area contributed by atoms with E-state index in [2.05, 4.69) is 37.1 Å². The van der Waals surface area contributed by atoms with E-state index < -0.39 is 0 Å². The number of amides is 1. The fourth-order valence-corrected chi connectivity index (χ4v) is 4.51. The van der Waals surface area contributed by atoms with Gasteiger partial charge in [-0.15, -0.1) is 0 Å². The van der Waals surface area contributed by atoms with Crippen molar-refractivity contribution in [2.24, 2.45) is 0 Å². The lowest BCUT2D eigenvalue weighted by Crippen LogP contribution is -2.44. The first-order valence-electron chi connectivity index (χ1n) is 9.27. The van der Waals surface area contributed by atoms with Gasteiger partial charge in [0.15, 0.2) is 5.16 Å². The van der Waals surface area contributed by atoms with Crippen LogP contribution in [0.2, 0.25) is 0 Å². The molecule has 10 heteroatoms. The van der Waals surface area contributed by atoms with Crippen LogP contribution >= 0.6 is 11.8 Å². The summed E-state index contributed by atoms with van der Waals surface area (Å²) in [6.07, 6.45) is 3.27. The van der Waals surface area contributed by atoms with Gasteiger partial charge < -0.3 is 15.1 Å². The van der Waals surface area contributed by atoms with Crippen LogP contribution in [0.5, 0.6) is 0 Å². The summed E-state index contributed by atoms with van der Waals surface area (Å²) in [7, 11) is 2.10. The van der Waals surface area contributed by atoms with Gasteiger partial charge in [-0.2, -0.15) is 0 Å². The number of hydrogen-bond donors (Lipinski definition) is 1. The van der Waals surface area contributed by atoms with Crippen molar-refractivity contribution in [3.63, 3.8) is 0 Å². The summed E-state index contributed by atoms with van der Waals surface area (Å²) in [5.74, 6) is 1.79. The molecule has 0 saturated carbocycles. The van der Waals surface area contributed by atoms with Crippen LogP contribution in [-0.4, -0.2) is 69.3 Å². The monoisotopic (exact) mass is 401 g/mol. The van der Waals surface area contributed by atoms with Gasteiger partial charge in [-0.1, -0.05) is 11.8 Å². The number of thioether (sulfide) groups is 1. The van der Waals surface area contributed by atoms with Gasteiger partial charge in [0.1, 0.15) is 18.0 Å². The number of fused-ring (bicyclic) bond motifs is 1. The van der Waals surface area contributed by atoms with Crippen molar-refractivity contribution < 1.29 is 4.79 Å². The fourth-order valence-electron chi connectivity index (χ4n) is 3.40. The van der Waals surface area contributed by atoms with Crippen molar-refractivity contribution in [3.8, 4) is 0 Å². The van der Waals surface area contributed by atoms with Crippen LogP contribution in [0, 0.1) is 6.92 Å². The summed E-state index contributed by atoms with van der Waals surface area (Å²) in [6, 6.07) is 1.61. The van der Waals surface area contributed by atoms with E-state index in [0.29, 0.717) is 22.3 Å². The number of aryl methyl sites for hydroxylation is 1. The van der Waals surface area contributed by atoms with E-state index in [1.165, 1.54) is 18.1 Å². The van der Waals surface area contributed by atoms with Crippen LogP contribution in [-0.2, 0) is 4.79 Å². The predicted molar refractivity (Wildman–Crippen MR) is 108 cm³/mol. The number of hydrogen-bond acceptors (Lipinski definition) is 8. The second kappa shape index (κ2) is 7.88. The smallest absolute Gasteiger partial charge is 0.257 e. The Morgan fingerprint density at radius 1 is 1.25 bits per heavy atom. The van der Waals surface area contributed by atoms with E-state index in [4.69, 9.17) is 0 Å². The number of carbonyl (C=O) groups is 1. The van der Waals surface area contributed by atoms with Crippen LogP contribution in [0.15, 0.2) is 28.5 Å². The largest absolute Gasteiger partial charge is 0.354 e. The molecular formula is C18H23N7O2S. The molecule has 0 bridgehead atoms. The minimum Gasteiger partial charge on any atom is -0.354 e. The molecule has 0 radical (unpaired) electrons. The van der Waals surface area contributed by atoms with Crippen LogP contribution in [0.4, 0.5) is 11.6 Å². The van der Waals surface area contributed by atoms with Crippen molar-refractivity contribution in [3.05, 3.63) is 34.5 Å². The highest BCUT2D eigenvalue weighted by Crippen LogP contribution is 2.32. The molecule has 1 fully saturated rings. The number of aromatic nitrogens is 4. The van der Waals surface area contributed by atoms with Gasteiger partial charge in [0.05, 0.1) is 6.04 Å². The van der Waals surface area contributed by atoms with Crippen LogP contribution in [0.3, 0.4) is 0 Å². The first-order chi connectivity index (χ1) is 13.5. The molecule has 1 atom stereocenters. The molecule has 9 nitrogen and oxygen atoms in total. The summed E-state index contributed by atoms with van der Waals surface area (Å²) in [5, 5.41) is 3.52. The van der Waals surface area contributed by atoms with Gasteiger partial charge in [0, 0.05) is 56.2 Å². The van der Waals surface area contributed by atoms with E-state index in [1.54, 1.807) is 23.8 Å². The van der Waals surface area contributed by atoms with E-state index in [0.717, 1.165) is 32.0 Å². The molecule has 1 N–H and O–H groups in total. The number of rotatable bonds is 4. The number of anilines is 2. The minimum atomic E-state index is -0.196. The Labute approximate surface area is 167 Å². The second-order valence-corrected chi connectivity index (χ2v) is 8.15. The normalized spacial score (nSPS) is 19.5. The molecule has 2 aliphatic rings. The standard InChI is InChI=1S/C18H23N7O2S/c1-12-9-19-18-25(17(12)27)13(10-28-18)7-16(26)22-14-8-15(21-11-20-14)24-5-3-23(2)4-6-24/h8-9,11,13H,3-7,10H2,1-2H3,(H,20,21,22,26). The highest BCUT2D eigenvalue weighted by Gasteiger charge is 2.28. The van der Waals surface area contributed by atoms with Crippen LogP contribution < -0.4 is 15.8 Å². The minimum absolute atomic E-state index is 0.0767. The maximum Gasteiger partial charge on any atom is 0.257 e. The molecule has 0 aromatic carbocycles. The fraction of sp³-hybridized carbons (Fsp3) is 0.500. The molecule has 1 unspecified atom stereocenters. The summed E-state index contributed by atoms with van der Waals surface area (Å²) in [6.45, 7) is 5.49. The first kappa shape index (κ1) is 18.9. The number of nitrogens with one attached hydrogen (secondary N) is 1. The first-order valence-corrected chi connectivity index (χ1v) is 10.3. The average molecular weight is 401 g/mol. The van der Waals surface area contributed by atoms with Crippen LogP contribution in [0.1, 0.15) is 18.0 Å². The van der Waals surface area contributed by atoms with E-state index in [9.17, 15) is 9.59 Å². The van der Waals surface area contributed by atoms with Gasteiger partial charge in [-0.25, -0.2) is 15.0 Å². The third kappa shape index (κ3) is 3.88. The topological polar surface area (TPSA) is 96.2 Å². The number of nitrogens with zero attached hydrogens (tertiary/aromatic N) is 6. The second-order valence-electron chi connectivity index (χ2n) is 7.17. The Morgan fingerprint density at radius 2 is 2.04 bits per heavy atom. The molecular weight excluding hydrogens is 378 g/mol. The van der Waals surface area contributed by atoms with Gasteiger partial charge in [-0.3, -0.25) is 14.2 Å². The molecule has 0 aliphatic carbocycles. The summed E-state index contributed by atoms with van der Waals surface area (Å²) < 4.78 is 1.63. The van der Waals surface area contributed by atoms with Crippen molar-refractivity contribution in [2.45, 2.75) is 24.5 Å². The molecule has 2 aromatic rings. The third-order valence-corrected chi connectivity index (χ3v) is 6.18. The Kier molecular flexibility index (Phi) is 5.31. The van der Waals surface area contributed by atoms with Crippen molar-refractivity contribution in [2.75, 3.05) is 49.2 Å². The van der Waals surface area contributed by atoms with Gasteiger partial charge in [0.25, 0.3) is 5.56 Å². The maximum absolute atomic E-state index is 12.6. The predicted octanol–water partition coefficient (Wildman–Crippen LogP) is 0.769. The van der Waals surface area contributed by atoms with E-state index in [1.807, 2.05) is 0 Å². The van der Waals surface area contributed by atoms with Gasteiger partial charge in [-0.05, 0) is 14.0 Å². The lowest BCUT2D eigenvalue weighted by atomic mass is 10.2. The molecule has 2 aromatic heterocycles. The molecule has 1 saturated heterocycles. The Hall–Kier alpha value is -2.46. The maximum atomic E-state index is 12.6. The average Bonchev–Trinajstić information content (AvgIpc) is 3.09. The molecule has 0 spiro atoms. The number of carbonyl (C=O) groups excluding carboxylic acids is 1. The summed E-state index contributed by atoms with van der Waals surface area (Å²) in [5.41, 5.74) is 0.511. The molecule has 4 heterocycles. The molecule has 1 amide bonds. The zero-order valence-electron chi connectivity index (χ0n) is 16.0. The lowest BCUT2D eigenvalue weighted by Gasteiger charge is -2.33. The Balaban J connectivity index is 1.42. The van der Waals surface area contributed by atoms with E-state index in [-0.39, 0.29) is 23.9 Å². The number of piperazine rings is 1. The molecule has 2 aliphatic heterocycles. The van der Waals surface area contributed by atoms with Crippen LogP contribution in [0.25, 0.3) is 0 Å². The Bertz CT molecular complexity index is 940. The highest BCUT2D eigenvalue weighted by atomic mass is 32.2. The summed E-state index contributed by atoms with van der Waals surface area (Å²) in [4.78, 5) is 42.2. The van der Waals surface area contributed by atoms with Crippen molar-refractivity contribution in [1.29, 1.82) is 0 Å². The number of likely N-dealkylation sites (N-methyl/N-ethyl adjacent to an activating group) is 1. The molecule has 148 valence electrons.